The smallest absolute Gasteiger partial charge is 0.186 e. The van der Waals surface area contributed by atoms with E-state index in [0.29, 0.717) is 6.42 Å². The summed E-state index contributed by atoms with van der Waals surface area (Å²) in [6.45, 7) is 0. The summed E-state index contributed by atoms with van der Waals surface area (Å²) in [4.78, 5) is 10.6. The molecule has 0 aromatic heterocycles. The summed E-state index contributed by atoms with van der Waals surface area (Å²) in [6.07, 6.45) is 1.31. The average Bonchev–Trinajstić information content (AvgIpc) is 2.03. The monoisotopic (exact) mass is 292 g/mol. The fourth-order valence-electron chi connectivity index (χ4n) is 0.943. The maximum Gasteiger partial charge on any atom is 0.186 e. The van der Waals surface area contributed by atoms with Crippen molar-refractivity contribution in [1.82, 2.24) is 0 Å². The first kappa shape index (κ1) is 10.1. The summed E-state index contributed by atoms with van der Waals surface area (Å²) in [7, 11) is 0. The van der Waals surface area contributed by atoms with Crippen LogP contribution in [0.3, 0.4) is 0 Å². The van der Waals surface area contributed by atoms with Gasteiger partial charge in [0.2, 0.25) is 0 Å². The van der Waals surface area contributed by atoms with Gasteiger partial charge in [0, 0.05) is 9.99 Å². The fourth-order valence-corrected chi connectivity index (χ4v) is 1.71. The zero-order chi connectivity index (χ0) is 8.97. The highest BCUT2D eigenvalue weighted by atomic mass is 127. The van der Waals surface area contributed by atoms with E-state index in [0.717, 1.165) is 6.42 Å². The van der Waals surface area contributed by atoms with Gasteiger partial charge in [0.05, 0.1) is 0 Å². The first-order valence-corrected chi connectivity index (χ1v) is 5.18. The Morgan fingerprint density at radius 2 is 2.08 bits per heavy atom. The van der Waals surface area contributed by atoms with Crippen LogP contribution in [-0.2, 0) is 11.2 Å². The second-order valence-electron chi connectivity index (χ2n) is 2.49. The quantitative estimate of drug-likeness (QED) is 0.669. The minimum Gasteiger partial charge on any atom is -0.287 e. The normalized spacial score (nSPS) is 9.83. The number of carbonyl (C=O) groups excluding carboxylic acids is 1. The molecule has 0 atom stereocenters. The van der Waals surface area contributed by atoms with E-state index in [1.165, 1.54) is 9.13 Å². The highest BCUT2D eigenvalue weighted by molar-refractivity contribution is 14.1. The van der Waals surface area contributed by atoms with Crippen LogP contribution in [0.4, 0.5) is 0 Å². The molecule has 12 heavy (non-hydrogen) atoms. The fraction of sp³-hybridized carbons (Fsp3) is 0.222. The Labute approximate surface area is 91.1 Å². The zero-order valence-corrected chi connectivity index (χ0v) is 9.51. The van der Waals surface area contributed by atoms with E-state index < -0.39 is 0 Å². The molecule has 3 heteroatoms. The van der Waals surface area contributed by atoms with E-state index in [1.54, 1.807) is 0 Å². The molecule has 0 bridgehead atoms. The van der Waals surface area contributed by atoms with Crippen molar-refractivity contribution in [2.24, 2.45) is 0 Å². The third-order valence-electron chi connectivity index (χ3n) is 1.57. The van der Waals surface area contributed by atoms with Gasteiger partial charge in [0.25, 0.3) is 0 Å². The number of rotatable bonds is 3. The Hall–Kier alpha value is -0.0300. The minimum atomic E-state index is -0.0466. The summed E-state index contributed by atoms with van der Waals surface area (Å²) >= 11 is 5.99. The van der Waals surface area contributed by atoms with Gasteiger partial charge in [-0.05, 0) is 40.6 Å². The molecule has 0 heterocycles. The summed E-state index contributed by atoms with van der Waals surface area (Å²) in [6, 6.07) is 8.06. The molecule has 0 spiro atoms. The second kappa shape index (κ2) is 4.87. The van der Waals surface area contributed by atoms with Gasteiger partial charge in [-0.15, -0.1) is 12.6 Å². The summed E-state index contributed by atoms with van der Waals surface area (Å²) in [5.41, 5.74) is 1.22. The Morgan fingerprint density at radius 1 is 1.42 bits per heavy atom. The number of benzene rings is 1. The van der Waals surface area contributed by atoms with Crippen molar-refractivity contribution in [2.75, 3.05) is 0 Å². The van der Waals surface area contributed by atoms with E-state index in [4.69, 9.17) is 0 Å². The third-order valence-corrected chi connectivity index (χ3v) is 2.84. The molecule has 0 aliphatic carbocycles. The molecule has 1 aromatic carbocycles. The molecule has 0 radical (unpaired) electrons. The molecule has 64 valence electrons. The molecule has 1 nitrogen and oxygen atoms in total. The van der Waals surface area contributed by atoms with Crippen molar-refractivity contribution in [3.8, 4) is 0 Å². The molecule has 0 saturated carbocycles. The first-order chi connectivity index (χ1) is 5.70. The van der Waals surface area contributed by atoms with Crippen molar-refractivity contribution in [1.29, 1.82) is 0 Å². The molecular formula is C9H9IOS. The Balaban J connectivity index is 2.63. The Bertz CT molecular complexity index is 286. The molecule has 0 fully saturated rings. The summed E-state index contributed by atoms with van der Waals surface area (Å²) < 4.78 is 1.21. The number of thiol groups is 1. The topological polar surface area (TPSA) is 17.1 Å². The van der Waals surface area contributed by atoms with Crippen molar-refractivity contribution in [3.05, 3.63) is 33.4 Å². The van der Waals surface area contributed by atoms with Crippen molar-refractivity contribution in [3.63, 3.8) is 0 Å². The van der Waals surface area contributed by atoms with Crippen LogP contribution in [0.5, 0.6) is 0 Å². The Morgan fingerprint density at radius 3 is 2.67 bits per heavy atom. The van der Waals surface area contributed by atoms with Gasteiger partial charge in [0.15, 0.2) is 5.12 Å². The lowest BCUT2D eigenvalue weighted by Crippen LogP contribution is -1.93. The van der Waals surface area contributed by atoms with E-state index in [1.807, 2.05) is 24.3 Å². The lowest BCUT2D eigenvalue weighted by molar-refractivity contribution is -0.110. The van der Waals surface area contributed by atoms with Gasteiger partial charge < -0.3 is 0 Å². The van der Waals surface area contributed by atoms with Gasteiger partial charge in [0.1, 0.15) is 0 Å². The molecule has 0 amide bonds. The predicted molar refractivity (Wildman–Crippen MR) is 61.5 cm³/mol. The highest BCUT2D eigenvalue weighted by Gasteiger charge is 2.00. The van der Waals surface area contributed by atoms with Crippen LogP contribution in [0.1, 0.15) is 12.0 Å². The van der Waals surface area contributed by atoms with Gasteiger partial charge in [-0.25, -0.2) is 0 Å². The second-order valence-corrected chi connectivity index (χ2v) is 4.15. The van der Waals surface area contributed by atoms with Crippen LogP contribution >= 0.6 is 35.2 Å². The number of hydrogen-bond donors (Lipinski definition) is 1. The van der Waals surface area contributed by atoms with Gasteiger partial charge in [-0.3, -0.25) is 4.79 Å². The number of halogens is 1. The van der Waals surface area contributed by atoms with Crippen molar-refractivity contribution >= 4 is 40.3 Å². The van der Waals surface area contributed by atoms with Crippen molar-refractivity contribution < 1.29 is 4.79 Å². The van der Waals surface area contributed by atoms with Crippen LogP contribution in [0.15, 0.2) is 24.3 Å². The van der Waals surface area contributed by atoms with Gasteiger partial charge in [-0.1, -0.05) is 18.2 Å². The van der Waals surface area contributed by atoms with Crippen LogP contribution < -0.4 is 0 Å². The van der Waals surface area contributed by atoms with Gasteiger partial charge in [-0.2, -0.15) is 0 Å². The van der Waals surface area contributed by atoms with Gasteiger partial charge >= 0.3 is 0 Å². The molecule has 0 aliphatic heterocycles. The lowest BCUT2D eigenvalue weighted by atomic mass is 10.1. The minimum absolute atomic E-state index is 0.0466. The number of hydrogen-bond acceptors (Lipinski definition) is 1. The van der Waals surface area contributed by atoms with E-state index in [-0.39, 0.29) is 5.12 Å². The summed E-state index contributed by atoms with van der Waals surface area (Å²) in [5.74, 6) is 0. The van der Waals surface area contributed by atoms with Crippen LogP contribution in [0.2, 0.25) is 0 Å². The number of carbonyl (C=O) groups is 1. The molecule has 1 rings (SSSR count). The van der Waals surface area contributed by atoms with Crippen LogP contribution in [-0.4, -0.2) is 5.12 Å². The summed E-state index contributed by atoms with van der Waals surface area (Å²) in [5, 5.41) is -0.0466. The van der Waals surface area contributed by atoms with Crippen molar-refractivity contribution in [2.45, 2.75) is 12.8 Å². The molecule has 0 N–H and O–H groups in total. The molecule has 0 aliphatic rings. The van der Waals surface area contributed by atoms with E-state index in [9.17, 15) is 4.79 Å². The Kier molecular flexibility index (Phi) is 4.08. The molecule has 0 saturated heterocycles. The lowest BCUT2D eigenvalue weighted by Gasteiger charge is -2.00. The van der Waals surface area contributed by atoms with Crippen LogP contribution in [0.25, 0.3) is 0 Å². The standard InChI is InChI=1S/C9H9IOS/c10-8-4-2-1-3-7(8)5-6-9(11)12/h1-4H,5-6H2,(H,11,12). The maximum atomic E-state index is 10.6. The SMILES string of the molecule is O=C(S)CCc1ccccc1I. The third kappa shape index (κ3) is 3.15. The maximum absolute atomic E-state index is 10.6. The zero-order valence-electron chi connectivity index (χ0n) is 6.46. The van der Waals surface area contributed by atoms with E-state index in [2.05, 4.69) is 35.2 Å². The highest BCUT2D eigenvalue weighted by Crippen LogP contribution is 2.13. The average molecular weight is 292 g/mol. The first-order valence-electron chi connectivity index (χ1n) is 3.65. The molecule has 0 unspecified atom stereocenters. The molecular weight excluding hydrogens is 283 g/mol. The largest absolute Gasteiger partial charge is 0.287 e. The number of aryl methyl sites for hydroxylation is 1. The van der Waals surface area contributed by atoms with Crippen LogP contribution in [0, 0.1) is 3.57 Å². The van der Waals surface area contributed by atoms with E-state index >= 15 is 0 Å². The predicted octanol–water partition coefficient (Wildman–Crippen LogP) is 2.68. The molecule has 1 aromatic rings.